The van der Waals surface area contributed by atoms with Crippen LogP contribution in [-0.4, -0.2) is 12.0 Å². The molecule has 2 nitrogen and oxygen atoms in total. The summed E-state index contributed by atoms with van der Waals surface area (Å²) in [5, 5.41) is 2.35. The quantitative estimate of drug-likeness (QED) is 0.900. The number of aromatic nitrogens is 1. The molecule has 0 spiro atoms. The zero-order chi connectivity index (χ0) is 12.6. The molecule has 0 radical (unpaired) electrons. The number of nitrogens with zero attached hydrogens (tertiary/aromatic N) is 1. The Kier molecular flexibility index (Phi) is 3.45. The Morgan fingerprint density at radius 2 is 2.12 bits per heavy atom. The second-order valence-electron chi connectivity index (χ2n) is 4.53. The molecule has 0 amide bonds. The molecule has 0 saturated heterocycles. The van der Waals surface area contributed by atoms with Gasteiger partial charge in [-0.2, -0.15) is 13.2 Å². The van der Waals surface area contributed by atoms with Crippen LogP contribution >= 0.6 is 11.3 Å². The number of nitrogens with one attached hydrogen (secondary N) is 1. The fraction of sp³-hybridized carbons (Fsp3) is 0.727. The van der Waals surface area contributed by atoms with E-state index in [1.807, 2.05) is 0 Å². The Hall–Kier alpha value is -0.620. The maximum Gasteiger partial charge on any atom is 0.443 e. The maximum absolute atomic E-state index is 12.5. The van der Waals surface area contributed by atoms with Crippen LogP contribution in [-0.2, 0) is 6.18 Å². The van der Waals surface area contributed by atoms with Gasteiger partial charge in [0, 0.05) is 17.1 Å². The van der Waals surface area contributed by atoms with Crippen molar-refractivity contribution >= 4 is 11.3 Å². The highest BCUT2D eigenvalue weighted by molar-refractivity contribution is 7.11. The first-order valence-corrected chi connectivity index (χ1v) is 6.45. The SMILES string of the molecule is CNC(c1cnc(C(F)(F)F)s1)C(C)C1CC1. The van der Waals surface area contributed by atoms with Crippen molar-refractivity contribution < 1.29 is 13.2 Å². The Labute approximate surface area is 102 Å². The van der Waals surface area contributed by atoms with Gasteiger partial charge in [-0.05, 0) is 31.7 Å². The van der Waals surface area contributed by atoms with Crippen molar-refractivity contribution in [1.82, 2.24) is 10.3 Å². The van der Waals surface area contributed by atoms with Crippen LogP contribution in [0.2, 0.25) is 0 Å². The molecule has 0 aromatic carbocycles. The summed E-state index contributed by atoms with van der Waals surface area (Å²) in [6, 6.07) is -0.0175. The summed E-state index contributed by atoms with van der Waals surface area (Å²) in [4.78, 5) is 4.15. The summed E-state index contributed by atoms with van der Waals surface area (Å²) in [7, 11) is 1.79. The highest BCUT2D eigenvalue weighted by Crippen LogP contribution is 2.44. The molecular weight excluding hydrogens is 249 g/mol. The molecule has 1 N–H and O–H groups in total. The van der Waals surface area contributed by atoms with Crippen molar-refractivity contribution in [3.63, 3.8) is 0 Å². The lowest BCUT2D eigenvalue weighted by molar-refractivity contribution is -0.137. The molecular formula is C11H15F3N2S. The lowest BCUT2D eigenvalue weighted by atomic mass is 9.96. The van der Waals surface area contributed by atoms with Gasteiger partial charge in [-0.1, -0.05) is 6.92 Å². The molecule has 2 rings (SSSR count). The minimum Gasteiger partial charge on any atom is -0.312 e. The fourth-order valence-corrected chi connectivity index (χ4v) is 3.13. The van der Waals surface area contributed by atoms with Gasteiger partial charge >= 0.3 is 6.18 Å². The van der Waals surface area contributed by atoms with Gasteiger partial charge in [0.15, 0.2) is 5.01 Å². The van der Waals surface area contributed by atoms with E-state index in [9.17, 15) is 13.2 Å². The second kappa shape index (κ2) is 4.57. The van der Waals surface area contributed by atoms with Crippen molar-refractivity contribution in [1.29, 1.82) is 0 Å². The molecule has 1 aromatic rings. The van der Waals surface area contributed by atoms with E-state index in [-0.39, 0.29) is 6.04 Å². The van der Waals surface area contributed by atoms with Gasteiger partial charge in [0.1, 0.15) is 0 Å². The maximum atomic E-state index is 12.5. The van der Waals surface area contributed by atoms with E-state index in [4.69, 9.17) is 0 Å². The summed E-state index contributed by atoms with van der Waals surface area (Å²) >= 11 is 0.747. The Balaban J connectivity index is 2.16. The third kappa shape index (κ3) is 2.80. The Morgan fingerprint density at radius 1 is 1.47 bits per heavy atom. The molecule has 2 atom stereocenters. The third-order valence-corrected chi connectivity index (χ3v) is 4.40. The molecule has 1 aromatic heterocycles. The van der Waals surface area contributed by atoms with Crippen molar-refractivity contribution in [2.75, 3.05) is 7.05 Å². The zero-order valence-electron chi connectivity index (χ0n) is 9.71. The van der Waals surface area contributed by atoms with E-state index in [0.717, 1.165) is 11.3 Å². The van der Waals surface area contributed by atoms with E-state index in [0.29, 0.717) is 16.7 Å². The summed E-state index contributed by atoms with van der Waals surface area (Å²) in [6.45, 7) is 2.09. The molecule has 17 heavy (non-hydrogen) atoms. The van der Waals surface area contributed by atoms with Gasteiger partial charge < -0.3 is 5.32 Å². The van der Waals surface area contributed by atoms with E-state index >= 15 is 0 Å². The van der Waals surface area contributed by atoms with Crippen LogP contribution in [0, 0.1) is 11.8 Å². The predicted octanol–water partition coefficient (Wildman–Crippen LogP) is 3.47. The molecule has 6 heteroatoms. The van der Waals surface area contributed by atoms with Crippen LogP contribution in [0.1, 0.15) is 35.7 Å². The molecule has 0 aliphatic heterocycles. The van der Waals surface area contributed by atoms with Crippen LogP contribution < -0.4 is 5.32 Å². The minimum absolute atomic E-state index is 0.0175. The highest BCUT2D eigenvalue weighted by atomic mass is 32.1. The normalized spacial score (nSPS) is 20.3. The topological polar surface area (TPSA) is 24.9 Å². The molecule has 0 bridgehead atoms. The largest absolute Gasteiger partial charge is 0.443 e. The second-order valence-corrected chi connectivity index (χ2v) is 5.59. The molecule has 2 unspecified atom stereocenters. The smallest absolute Gasteiger partial charge is 0.312 e. The third-order valence-electron chi connectivity index (χ3n) is 3.27. The minimum atomic E-state index is -4.33. The molecule has 1 saturated carbocycles. The summed E-state index contributed by atoms with van der Waals surface area (Å²) < 4.78 is 37.4. The van der Waals surface area contributed by atoms with Gasteiger partial charge in [-0.25, -0.2) is 4.98 Å². The standard InChI is InChI=1S/C11H15F3N2S/c1-6(7-3-4-7)9(15-2)8-5-16-10(17-8)11(12,13)14/h5-7,9,15H,3-4H2,1-2H3. The number of hydrogen-bond acceptors (Lipinski definition) is 3. The van der Waals surface area contributed by atoms with E-state index < -0.39 is 11.2 Å². The Morgan fingerprint density at radius 3 is 2.53 bits per heavy atom. The van der Waals surface area contributed by atoms with Crippen molar-refractivity contribution in [2.24, 2.45) is 11.8 Å². The van der Waals surface area contributed by atoms with Crippen LogP contribution in [0.3, 0.4) is 0 Å². The van der Waals surface area contributed by atoms with Gasteiger partial charge in [0.05, 0.1) is 0 Å². The van der Waals surface area contributed by atoms with Crippen LogP contribution in [0.15, 0.2) is 6.20 Å². The van der Waals surface area contributed by atoms with Crippen LogP contribution in [0.25, 0.3) is 0 Å². The van der Waals surface area contributed by atoms with E-state index in [1.54, 1.807) is 7.05 Å². The molecule has 1 aliphatic carbocycles. The number of thiazole rings is 1. The van der Waals surface area contributed by atoms with Crippen molar-refractivity contribution in [2.45, 2.75) is 32.0 Å². The molecule has 1 heterocycles. The van der Waals surface area contributed by atoms with Gasteiger partial charge in [-0.3, -0.25) is 0 Å². The average Bonchev–Trinajstić information content (AvgIpc) is 2.97. The summed E-state index contributed by atoms with van der Waals surface area (Å²) in [5.74, 6) is 1.01. The first-order valence-electron chi connectivity index (χ1n) is 5.63. The monoisotopic (exact) mass is 264 g/mol. The first kappa shape index (κ1) is 12.8. The number of rotatable bonds is 4. The number of hydrogen-bond donors (Lipinski definition) is 1. The van der Waals surface area contributed by atoms with E-state index in [1.165, 1.54) is 19.0 Å². The van der Waals surface area contributed by atoms with Crippen molar-refractivity contribution in [3.05, 3.63) is 16.1 Å². The Bertz CT molecular complexity index is 384. The highest BCUT2D eigenvalue weighted by Gasteiger charge is 2.38. The molecule has 96 valence electrons. The first-order chi connectivity index (χ1) is 7.93. The number of halogens is 3. The van der Waals surface area contributed by atoms with Crippen LogP contribution in [0.4, 0.5) is 13.2 Å². The summed E-state index contributed by atoms with van der Waals surface area (Å²) in [5.41, 5.74) is 0. The van der Waals surface area contributed by atoms with Gasteiger partial charge in [-0.15, -0.1) is 11.3 Å². The van der Waals surface area contributed by atoms with Gasteiger partial charge in [0.2, 0.25) is 0 Å². The van der Waals surface area contributed by atoms with Crippen LogP contribution in [0.5, 0.6) is 0 Å². The lowest BCUT2D eigenvalue weighted by Gasteiger charge is -2.21. The van der Waals surface area contributed by atoms with Gasteiger partial charge in [0.25, 0.3) is 0 Å². The summed E-state index contributed by atoms with van der Waals surface area (Å²) in [6.07, 6.45) is -0.605. The van der Waals surface area contributed by atoms with E-state index in [2.05, 4.69) is 17.2 Å². The zero-order valence-corrected chi connectivity index (χ0v) is 10.5. The number of alkyl halides is 3. The van der Waals surface area contributed by atoms with Crippen molar-refractivity contribution in [3.8, 4) is 0 Å². The molecule has 1 aliphatic rings. The molecule has 1 fully saturated rings. The lowest BCUT2D eigenvalue weighted by Crippen LogP contribution is -2.23. The predicted molar refractivity (Wildman–Crippen MR) is 60.8 cm³/mol. The fourth-order valence-electron chi connectivity index (χ4n) is 2.12. The average molecular weight is 264 g/mol.